The summed E-state index contributed by atoms with van der Waals surface area (Å²) < 4.78 is 9.01. The highest BCUT2D eigenvalue weighted by Crippen LogP contribution is 2.31. The van der Waals surface area contributed by atoms with Crippen LogP contribution in [0.4, 0.5) is 5.69 Å². The molecule has 2 N–H and O–H groups in total. The summed E-state index contributed by atoms with van der Waals surface area (Å²) in [7, 11) is 1.72. The van der Waals surface area contributed by atoms with Gasteiger partial charge in [0.25, 0.3) is 0 Å². The molecule has 1 aromatic carbocycles. The van der Waals surface area contributed by atoms with E-state index < -0.39 is 11.9 Å². The number of fused-ring (bicyclic) bond motifs is 1. The van der Waals surface area contributed by atoms with E-state index in [1.807, 2.05) is 18.2 Å². The Morgan fingerprint density at radius 1 is 1.14 bits per heavy atom. The van der Waals surface area contributed by atoms with E-state index in [1.165, 1.54) is 4.57 Å². The van der Waals surface area contributed by atoms with E-state index in [-0.39, 0.29) is 23.7 Å². The number of aryl methyl sites for hydroxylation is 1. The summed E-state index contributed by atoms with van der Waals surface area (Å²) in [5, 5.41) is 5.82. The number of aromatic nitrogens is 2. The van der Waals surface area contributed by atoms with Gasteiger partial charge < -0.3 is 9.64 Å². The molecule has 1 unspecified atom stereocenters. The van der Waals surface area contributed by atoms with Crippen LogP contribution in [0.2, 0.25) is 0 Å². The third kappa shape index (κ3) is 2.96. The predicted molar refractivity (Wildman–Crippen MR) is 107 cm³/mol. The lowest BCUT2D eigenvalue weighted by Crippen LogP contribution is -2.51. The summed E-state index contributed by atoms with van der Waals surface area (Å²) in [4.78, 5) is 39.0. The van der Waals surface area contributed by atoms with Gasteiger partial charge in [0.1, 0.15) is 11.8 Å². The van der Waals surface area contributed by atoms with Crippen LogP contribution >= 0.6 is 0 Å². The molecule has 9 heteroatoms. The lowest BCUT2D eigenvalue weighted by atomic mass is 10.00. The number of nitrogens with one attached hydrogen (secondary N) is 2. The normalized spacial score (nSPS) is 24.4. The Labute approximate surface area is 167 Å². The lowest BCUT2D eigenvalue weighted by Gasteiger charge is -2.39. The van der Waals surface area contributed by atoms with Crippen LogP contribution in [0.1, 0.15) is 31.7 Å². The fourth-order valence-electron chi connectivity index (χ4n) is 4.80. The number of nitrogens with zero attached hydrogens (tertiary/aromatic N) is 3. The summed E-state index contributed by atoms with van der Waals surface area (Å²) in [5.41, 5.74) is 2.13. The van der Waals surface area contributed by atoms with Gasteiger partial charge in [-0.05, 0) is 24.6 Å². The number of hydrogen-bond donors (Lipinski definition) is 2. The highest BCUT2D eigenvalue weighted by Gasteiger charge is 2.38. The fourth-order valence-corrected chi connectivity index (χ4v) is 4.80. The zero-order valence-corrected chi connectivity index (χ0v) is 16.4. The van der Waals surface area contributed by atoms with E-state index >= 15 is 0 Å². The van der Waals surface area contributed by atoms with Crippen LogP contribution in [0.25, 0.3) is 11.0 Å². The van der Waals surface area contributed by atoms with Crippen molar-refractivity contribution in [2.45, 2.75) is 37.5 Å². The minimum absolute atomic E-state index is 0.178. The molecule has 4 heterocycles. The summed E-state index contributed by atoms with van der Waals surface area (Å²) in [6, 6.07) is 5.27. The van der Waals surface area contributed by atoms with Crippen molar-refractivity contribution < 1.29 is 14.3 Å². The van der Waals surface area contributed by atoms with Crippen molar-refractivity contribution in [3.05, 3.63) is 28.7 Å². The quantitative estimate of drug-likeness (QED) is 0.702. The molecule has 29 heavy (non-hydrogen) atoms. The van der Waals surface area contributed by atoms with Gasteiger partial charge in [0.05, 0.1) is 17.6 Å². The number of benzene rings is 1. The van der Waals surface area contributed by atoms with Gasteiger partial charge in [0.15, 0.2) is 0 Å². The van der Waals surface area contributed by atoms with Crippen molar-refractivity contribution in [1.29, 1.82) is 0 Å². The molecule has 1 spiro atoms. The van der Waals surface area contributed by atoms with Crippen LogP contribution in [-0.2, 0) is 21.4 Å². The number of piperidine rings is 2. The predicted octanol–water partition coefficient (Wildman–Crippen LogP) is 0.234. The third-order valence-corrected chi connectivity index (χ3v) is 6.46. The first kappa shape index (κ1) is 18.4. The summed E-state index contributed by atoms with van der Waals surface area (Å²) in [6.45, 7) is 3.42. The fraction of sp³-hybridized carbons (Fsp3) is 0.550. The Hall–Kier alpha value is -2.65. The molecule has 0 saturated carbocycles. The van der Waals surface area contributed by atoms with Crippen LogP contribution < -0.4 is 21.2 Å². The Bertz CT molecular complexity index is 1040. The summed E-state index contributed by atoms with van der Waals surface area (Å²) in [5.74, 6) is -0.698. The SMILES string of the molecule is Cn1c(=O)n(C2CCC(=O)NC2=O)c2ccc(N3CCC4(CC3)NCCO4)cc21. The summed E-state index contributed by atoms with van der Waals surface area (Å²) in [6.07, 6.45) is 2.41. The largest absolute Gasteiger partial charge is 0.371 e. The van der Waals surface area contributed by atoms with E-state index in [1.54, 1.807) is 11.6 Å². The molecule has 0 radical (unpaired) electrons. The lowest BCUT2D eigenvalue weighted by molar-refractivity contribution is -0.135. The van der Waals surface area contributed by atoms with Gasteiger partial charge in [-0.25, -0.2) is 4.79 Å². The third-order valence-electron chi connectivity index (χ3n) is 6.46. The monoisotopic (exact) mass is 399 g/mol. The zero-order chi connectivity index (χ0) is 20.2. The molecule has 5 rings (SSSR count). The second kappa shape index (κ2) is 6.70. The van der Waals surface area contributed by atoms with Gasteiger partial charge in [-0.2, -0.15) is 0 Å². The molecular weight excluding hydrogens is 374 g/mol. The molecule has 3 aliphatic heterocycles. The molecule has 3 fully saturated rings. The Balaban J connectivity index is 1.46. The highest BCUT2D eigenvalue weighted by molar-refractivity contribution is 6.00. The maximum Gasteiger partial charge on any atom is 0.329 e. The van der Waals surface area contributed by atoms with Crippen LogP contribution in [0, 0.1) is 0 Å². The first-order valence-electron chi connectivity index (χ1n) is 10.2. The minimum atomic E-state index is -0.657. The highest BCUT2D eigenvalue weighted by atomic mass is 16.5. The maximum absolute atomic E-state index is 12.9. The average molecular weight is 399 g/mol. The number of anilines is 1. The van der Waals surface area contributed by atoms with Gasteiger partial charge >= 0.3 is 5.69 Å². The number of carbonyl (C=O) groups excluding carboxylic acids is 2. The van der Waals surface area contributed by atoms with Gasteiger partial charge in [-0.3, -0.25) is 29.4 Å². The number of amides is 2. The topological polar surface area (TPSA) is 97.6 Å². The second-order valence-corrected chi connectivity index (χ2v) is 8.11. The van der Waals surface area contributed by atoms with Crippen LogP contribution in [0.15, 0.2) is 23.0 Å². The van der Waals surface area contributed by atoms with Crippen LogP contribution in [0.5, 0.6) is 0 Å². The number of imide groups is 1. The minimum Gasteiger partial charge on any atom is -0.371 e. The smallest absolute Gasteiger partial charge is 0.329 e. The van der Waals surface area contributed by atoms with E-state index in [9.17, 15) is 14.4 Å². The zero-order valence-electron chi connectivity index (χ0n) is 16.4. The Kier molecular flexibility index (Phi) is 4.25. The standard InChI is InChI=1S/C20H25N5O4/c1-23-16-12-13(24-9-6-20(7-10-24)21-8-11-29-20)2-3-14(16)25(19(23)28)15-4-5-17(26)22-18(15)27/h2-3,12,15,21H,4-11H2,1H3,(H,22,26,27). The molecule has 154 valence electrons. The van der Waals surface area contributed by atoms with Crippen molar-refractivity contribution in [2.75, 3.05) is 31.1 Å². The molecule has 9 nitrogen and oxygen atoms in total. The second-order valence-electron chi connectivity index (χ2n) is 8.11. The average Bonchev–Trinajstić information content (AvgIpc) is 3.26. The van der Waals surface area contributed by atoms with E-state index in [2.05, 4.69) is 15.5 Å². The van der Waals surface area contributed by atoms with Crippen molar-refractivity contribution in [3.8, 4) is 0 Å². The molecule has 3 aliphatic rings. The van der Waals surface area contributed by atoms with Gasteiger partial charge in [0.2, 0.25) is 11.8 Å². The number of carbonyl (C=O) groups is 2. The molecule has 1 atom stereocenters. The van der Waals surface area contributed by atoms with Crippen molar-refractivity contribution in [2.24, 2.45) is 7.05 Å². The molecule has 1 aromatic heterocycles. The molecule has 2 amide bonds. The van der Waals surface area contributed by atoms with E-state index in [4.69, 9.17) is 4.74 Å². The number of ether oxygens (including phenoxy) is 1. The van der Waals surface area contributed by atoms with Crippen molar-refractivity contribution in [1.82, 2.24) is 19.8 Å². The molecule has 3 saturated heterocycles. The number of imidazole rings is 1. The van der Waals surface area contributed by atoms with E-state index in [0.717, 1.165) is 50.3 Å². The molecular formula is C20H25N5O4. The molecule has 0 bridgehead atoms. The van der Waals surface area contributed by atoms with Crippen molar-refractivity contribution in [3.63, 3.8) is 0 Å². The van der Waals surface area contributed by atoms with E-state index in [0.29, 0.717) is 11.9 Å². The first-order chi connectivity index (χ1) is 14.0. The number of hydrogen-bond acceptors (Lipinski definition) is 6. The van der Waals surface area contributed by atoms with Gasteiger partial charge in [0, 0.05) is 51.6 Å². The van der Waals surface area contributed by atoms with Crippen LogP contribution in [0.3, 0.4) is 0 Å². The maximum atomic E-state index is 12.9. The first-order valence-corrected chi connectivity index (χ1v) is 10.2. The van der Waals surface area contributed by atoms with Gasteiger partial charge in [-0.1, -0.05) is 0 Å². The Morgan fingerprint density at radius 3 is 2.62 bits per heavy atom. The van der Waals surface area contributed by atoms with Crippen LogP contribution in [-0.4, -0.2) is 52.9 Å². The molecule has 0 aliphatic carbocycles. The number of rotatable bonds is 2. The van der Waals surface area contributed by atoms with Gasteiger partial charge in [-0.15, -0.1) is 0 Å². The Morgan fingerprint density at radius 2 is 1.93 bits per heavy atom. The summed E-state index contributed by atoms with van der Waals surface area (Å²) >= 11 is 0. The molecule has 2 aromatic rings. The van der Waals surface area contributed by atoms with Crippen molar-refractivity contribution >= 4 is 28.5 Å².